The minimum Gasteiger partial charge on any atom is -0.422 e. The van der Waals surface area contributed by atoms with Crippen LogP contribution in [-0.4, -0.2) is 10.9 Å². The molecular formula is C30H20N2O3S. The monoisotopic (exact) mass is 488 g/mol. The predicted octanol–water partition coefficient (Wildman–Crippen LogP) is 6.91. The smallest absolute Gasteiger partial charge is 0.336 e. The molecule has 4 aromatic carbocycles. The standard InChI is InChI=1S/C30H20N2O3S/c33-27-17-16-22-8-4-9-23(29(22)35-27)30(34)31-24-10-5-11-25-28(24)32-26(36-25)18-19-12-14-21(15-13-19)20-6-2-1-3-7-20/h1-17H,18H2,(H,31,34). The average molecular weight is 489 g/mol. The summed E-state index contributed by atoms with van der Waals surface area (Å²) in [4.78, 5) is 29.7. The third-order valence-electron chi connectivity index (χ3n) is 6.02. The van der Waals surface area contributed by atoms with Crippen LogP contribution in [0.15, 0.2) is 112 Å². The summed E-state index contributed by atoms with van der Waals surface area (Å²) in [6.07, 6.45) is 0.705. The van der Waals surface area contributed by atoms with Crippen LogP contribution in [0.2, 0.25) is 0 Å². The Kier molecular flexibility index (Phi) is 5.64. The Bertz CT molecular complexity index is 1770. The molecular weight excluding hydrogens is 468 g/mol. The number of amides is 1. The Morgan fingerprint density at radius 1 is 0.806 bits per heavy atom. The van der Waals surface area contributed by atoms with Crippen molar-refractivity contribution in [3.8, 4) is 11.1 Å². The van der Waals surface area contributed by atoms with E-state index in [0.29, 0.717) is 23.1 Å². The highest BCUT2D eigenvalue weighted by molar-refractivity contribution is 7.18. The fourth-order valence-electron chi connectivity index (χ4n) is 4.25. The highest BCUT2D eigenvalue weighted by Gasteiger charge is 2.16. The van der Waals surface area contributed by atoms with Crippen LogP contribution in [0, 0.1) is 0 Å². The summed E-state index contributed by atoms with van der Waals surface area (Å²) in [5, 5.41) is 4.62. The number of nitrogens with one attached hydrogen (secondary N) is 1. The van der Waals surface area contributed by atoms with E-state index < -0.39 is 5.63 Å². The summed E-state index contributed by atoms with van der Waals surface area (Å²) in [5.74, 6) is -0.353. The summed E-state index contributed by atoms with van der Waals surface area (Å²) in [7, 11) is 0. The Balaban J connectivity index is 1.26. The molecule has 2 heterocycles. The molecule has 0 unspecified atom stereocenters. The number of carbonyl (C=O) groups excluding carboxylic acids is 1. The van der Waals surface area contributed by atoms with E-state index in [-0.39, 0.29) is 11.5 Å². The molecule has 0 aliphatic rings. The summed E-state index contributed by atoms with van der Waals surface area (Å²) in [5.41, 5.74) is 4.98. The molecule has 0 radical (unpaired) electrons. The van der Waals surface area contributed by atoms with Gasteiger partial charge in [0, 0.05) is 17.9 Å². The second kappa shape index (κ2) is 9.24. The zero-order valence-electron chi connectivity index (χ0n) is 19.1. The van der Waals surface area contributed by atoms with E-state index >= 15 is 0 Å². The number of hydrogen-bond donors (Lipinski definition) is 1. The molecule has 0 saturated heterocycles. The summed E-state index contributed by atoms with van der Waals surface area (Å²) in [6.45, 7) is 0. The lowest BCUT2D eigenvalue weighted by atomic mass is 10.0. The van der Waals surface area contributed by atoms with Gasteiger partial charge >= 0.3 is 5.63 Å². The minimum absolute atomic E-state index is 0.271. The molecule has 0 bridgehead atoms. The van der Waals surface area contributed by atoms with E-state index in [4.69, 9.17) is 9.40 Å². The van der Waals surface area contributed by atoms with E-state index in [1.54, 1.807) is 35.6 Å². The maximum atomic E-state index is 13.1. The molecule has 1 amide bonds. The maximum Gasteiger partial charge on any atom is 0.336 e. The average Bonchev–Trinajstić information content (AvgIpc) is 3.32. The molecule has 0 atom stereocenters. The van der Waals surface area contributed by atoms with Gasteiger partial charge in [-0.05, 0) is 41.0 Å². The first kappa shape index (κ1) is 21.9. The van der Waals surface area contributed by atoms with Crippen molar-refractivity contribution in [2.75, 3.05) is 5.32 Å². The Morgan fingerprint density at radius 3 is 2.42 bits per heavy atom. The van der Waals surface area contributed by atoms with Gasteiger partial charge in [0.1, 0.15) is 5.52 Å². The number of hydrogen-bond acceptors (Lipinski definition) is 5. The molecule has 36 heavy (non-hydrogen) atoms. The number of carbonyl (C=O) groups is 1. The Hall–Kier alpha value is -4.55. The van der Waals surface area contributed by atoms with Gasteiger partial charge in [0.2, 0.25) is 0 Å². The summed E-state index contributed by atoms with van der Waals surface area (Å²) in [6, 6.07) is 32.8. The maximum absolute atomic E-state index is 13.1. The summed E-state index contributed by atoms with van der Waals surface area (Å²) < 4.78 is 6.31. The van der Waals surface area contributed by atoms with Gasteiger partial charge < -0.3 is 9.73 Å². The number of nitrogens with zero attached hydrogens (tertiary/aromatic N) is 1. The topological polar surface area (TPSA) is 72.2 Å². The quantitative estimate of drug-likeness (QED) is 0.268. The molecule has 0 fully saturated rings. The fourth-order valence-corrected chi connectivity index (χ4v) is 5.28. The number of rotatable bonds is 5. The van der Waals surface area contributed by atoms with Gasteiger partial charge in [0.15, 0.2) is 5.58 Å². The second-order valence-electron chi connectivity index (χ2n) is 8.43. The zero-order chi connectivity index (χ0) is 24.5. The number of thiazole rings is 1. The third kappa shape index (κ3) is 4.30. The Labute approximate surface area is 210 Å². The van der Waals surface area contributed by atoms with Gasteiger partial charge in [-0.1, -0.05) is 72.8 Å². The lowest BCUT2D eigenvalue weighted by molar-refractivity contribution is 0.102. The van der Waals surface area contributed by atoms with Crippen LogP contribution in [0.5, 0.6) is 0 Å². The fraction of sp³-hybridized carbons (Fsp3) is 0.0333. The molecule has 0 aliphatic carbocycles. The minimum atomic E-state index is -0.495. The lowest BCUT2D eigenvalue weighted by Gasteiger charge is -2.07. The van der Waals surface area contributed by atoms with E-state index in [1.165, 1.54) is 22.8 Å². The molecule has 174 valence electrons. The first-order valence-electron chi connectivity index (χ1n) is 11.5. The SMILES string of the molecule is O=C(Nc1cccc2sc(Cc3ccc(-c4ccccc4)cc3)nc12)c1cccc2ccc(=O)oc12. The van der Waals surface area contributed by atoms with Gasteiger partial charge in [-0.15, -0.1) is 11.3 Å². The van der Waals surface area contributed by atoms with Gasteiger partial charge in [-0.3, -0.25) is 4.79 Å². The van der Waals surface area contributed by atoms with Crippen LogP contribution in [0.3, 0.4) is 0 Å². The van der Waals surface area contributed by atoms with Crippen LogP contribution < -0.4 is 10.9 Å². The van der Waals surface area contributed by atoms with Crippen molar-refractivity contribution in [3.63, 3.8) is 0 Å². The first-order chi connectivity index (χ1) is 17.6. The van der Waals surface area contributed by atoms with Gasteiger partial charge in [-0.2, -0.15) is 0 Å². The normalized spacial score (nSPS) is 11.1. The Morgan fingerprint density at radius 2 is 1.58 bits per heavy atom. The van der Waals surface area contributed by atoms with Gasteiger partial charge in [0.25, 0.3) is 5.91 Å². The van der Waals surface area contributed by atoms with Crippen LogP contribution >= 0.6 is 11.3 Å². The van der Waals surface area contributed by atoms with Crippen molar-refractivity contribution in [1.29, 1.82) is 0 Å². The van der Waals surface area contributed by atoms with Crippen LogP contribution in [-0.2, 0) is 6.42 Å². The van der Waals surface area contributed by atoms with Crippen molar-refractivity contribution in [3.05, 3.63) is 130 Å². The van der Waals surface area contributed by atoms with E-state index in [2.05, 4.69) is 41.7 Å². The van der Waals surface area contributed by atoms with Crippen LogP contribution in [0.25, 0.3) is 32.3 Å². The molecule has 5 nitrogen and oxygen atoms in total. The highest BCUT2D eigenvalue weighted by Crippen LogP contribution is 2.30. The predicted molar refractivity (Wildman–Crippen MR) is 145 cm³/mol. The van der Waals surface area contributed by atoms with E-state index in [9.17, 15) is 9.59 Å². The van der Waals surface area contributed by atoms with Crippen molar-refractivity contribution in [1.82, 2.24) is 4.98 Å². The number of anilines is 1. The van der Waals surface area contributed by atoms with E-state index in [0.717, 1.165) is 15.2 Å². The molecule has 2 aromatic heterocycles. The second-order valence-corrected chi connectivity index (χ2v) is 9.55. The van der Waals surface area contributed by atoms with E-state index in [1.807, 2.05) is 36.4 Å². The highest BCUT2D eigenvalue weighted by atomic mass is 32.1. The van der Waals surface area contributed by atoms with Gasteiger partial charge in [0.05, 0.1) is 21.0 Å². The molecule has 6 aromatic rings. The number of fused-ring (bicyclic) bond motifs is 2. The molecule has 6 heteroatoms. The van der Waals surface area contributed by atoms with Crippen molar-refractivity contribution in [2.24, 2.45) is 0 Å². The lowest BCUT2D eigenvalue weighted by Crippen LogP contribution is -2.13. The largest absolute Gasteiger partial charge is 0.422 e. The van der Waals surface area contributed by atoms with Crippen molar-refractivity contribution in [2.45, 2.75) is 6.42 Å². The van der Waals surface area contributed by atoms with Crippen LogP contribution in [0.4, 0.5) is 5.69 Å². The molecule has 0 spiro atoms. The molecule has 0 aliphatic heterocycles. The first-order valence-corrected chi connectivity index (χ1v) is 12.3. The van der Waals surface area contributed by atoms with Crippen molar-refractivity contribution < 1.29 is 9.21 Å². The number of aromatic nitrogens is 1. The summed E-state index contributed by atoms with van der Waals surface area (Å²) >= 11 is 1.61. The zero-order valence-corrected chi connectivity index (χ0v) is 19.9. The number of para-hydroxylation sites is 2. The molecule has 0 saturated carbocycles. The van der Waals surface area contributed by atoms with Gasteiger partial charge in [-0.25, -0.2) is 9.78 Å². The molecule has 6 rings (SSSR count). The van der Waals surface area contributed by atoms with Crippen molar-refractivity contribution >= 4 is 44.1 Å². The number of benzene rings is 4. The molecule has 1 N–H and O–H groups in total. The van der Waals surface area contributed by atoms with Crippen LogP contribution in [0.1, 0.15) is 20.9 Å². The third-order valence-corrected chi connectivity index (χ3v) is 7.04.